The summed E-state index contributed by atoms with van der Waals surface area (Å²) < 4.78 is 5.70. The molecule has 2 saturated heterocycles. The van der Waals surface area contributed by atoms with Gasteiger partial charge in [-0.25, -0.2) is 4.79 Å². The topological polar surface area (TPSA) is 77.4 Å². The standard InChI is InChI=1S/C20H30N4O3/c1-2-8-23-9-11-24(12-10-23)20(21-15-18-7-4-13-27-18)22-17-6-3-5-16(14-17)19(25)26/h3,5-6,14,18H,2,4,7-13,15H2,1H3,(H,21,22)(H,25,26)/t18-/m1/s1. The molecule has 2 aliphatic rings. The van der Waals surface area contributed by atoms with Crippen LogP contribution in [0.5, 0.6) is 0 Å². The Morgan fingerprint density at radius 3 is 2.81 bits per heavy atom. The van der Waals surface area contributed by atoms with Crippen LogP contribution < -0.4 is 5.32 Å². The number of carboxylic acids is 1. The van der Waals surface area contributed by atoms with Gasteiger partial charge in [0.1, 0.15) is 0 Å². The maximum atomic E-state index is 11.2. The predicted molar refractivity (Wildman–Crippen MR) is 107 cm³/mol. The number of ether oxygens (including phenoxy) is 1. The van der Waals surface area contributed by atoms with Crippen molar-refractivity contribution in [1.82, 2.24) is 9.80 Å². The highest BCUT2D eigenvalue weighted by Crippen LogP contribution is 2.15. The summed E-state index contributed by atoms with van der Waals surface area (Å²) in [4.78, 5) is 20.8. The summed E-state index contributed by atoms with van der Waals surface area (Å²) >= 11 is 0. The molecule has 1 atom stereocenters. The van der Waals surface area contributed by atoms with E-state index >= 15 is 0 Å². The molecule has 0 aliphatic carbocycles. The highest BCUT2D eigenvalue weighted by molar-refractivity contribution is 5.95. The maximum Gasteiger partial charge on any atom is 0.335 e. The number of benzene rings is 1. The lowest BCUT2D eigenvalue weighted by atomic mass is 10.2. The second-order valence-corrected chi connectivity index (χ2v) is 7.14. The van der Waals surface area contributed by atoms with Gasteiger partial charge < -0.3 is 20.1 Å². The molecule has 2 aliphatic heterocycles. The van der Waals surface area contributed by atoms with Gasteiger partial charge in [-0.15, -0.1) is 0 Å². The minimum atomic E-state index is -0.926. The summed E-state index contributed by atoms with van der Waals surface area (Å²) in [6.45, 7) is 8.65. The van der Waals surface area contributed by atoms with Crippen LogP contribution in [0.25, 0.3) is 0 Å². The molecule has 1 aromatic rings. The van der Waals surface area contributed by atoms with Gasteiger partial charge >= 0.3 is 5.97 Å². The summed E-state index contributed by atoms with van der Waals surface area (Å²) in [6, 6.07) is 6.88. The normalized spacial score (nSPS) is 21.4. The predicted octanol–water partition coefficient (Wildman–Crippen LogP) is 2.36. The Balaban J connectivity index is 1.70. The minimum Gasteiger partial charge on any atom is -0.478 e. The van der Waals surface area contributed by atoms with Gasteiger partial charge in [-0.3, -0.25) is 9.89 Å². The van der Waals surface area contributed by atoms with Crippen molar-refractivity contribution < 1.29 is 14.6 Å². The zero-order chi connectivity index (χ0) is 19.1. The van der Waals surface area contributed by atoms with Gasteiger partial charge in [0.15, 0.2) is 5.96 Å². The van der Waals surface area contributed by atoms with E-state index in [-0.39, 0.29) is 11.7 Å². The molecule has 2 heterocycles. The second-order valence-electron chi connectivity index (χ2n) is 7.14. The van der Waals surface area contributed by atoms with Gasteiger partial charge in [-0.05, 0) is 44.0 Å². The van der Waals surface area contributed by atoms with Crippen LogP contribution in [0.3, 0.4) is 0 Å². The zero-order valence-electron chi connectivity index (χ0n) is 16.1. The number of hydrogen-bond donors (Lipinski definition) is 2. The van der Waals surface area contributed by atoms with E-state index in [1.807, 2.05) is 6.07 Å². The van der Waals surface area contributed by atoms with E-state index in [1.165, 1.54) is 6.42 Å². The largest absolute Gasteiger partial charge is 0.478 e. The highest BCUT2D eigenvalue weighted by Gasteiger charge is 2.21. The van der Waals surface area contributed by atoms with Gasteiger partial charge in [0.2, 0.25) is 0 Å². The molecule has 1 aromatic carbocycles. The SMILES string of the molecule is CCCN1CCN(C(=NC[C@H]2CCCO2)Nc2cccc(C(=O)O)c2)CC1. The maximum absolute atomic E-state index is 11.2. The van der Waals surface area contributed by atoms with Gasteiger partial charge in [0.25, 0.3) is 0 Å². The van der Waals surface area contributed by atoms with Crippen molar-refractivity contribution in [3.8, 4) is 0 Å². The highest BCUT2D eigenvalue weighted by atomic mass is 16.5. The molecular formula is C20H30N4O3. The third-order valence-electron chi connectivity index (χ3n) is 5.05. The fourth-order valence-electron chi connectivity index (χ4n) is 3.55. The third-order valence-corrected chi connectivity index (χ3v) is 5.05. The summed E-state index contributed by atoms with van der Waals surface area (Å²) in [6.07, 6.45) is 3.50. The van der Waals surface area contributed by atoms with Crippen LogP contribution in [-0.2, 0) is 4.74 Å². The summed E-state index contributed by atoms with van der Waals surface area (Å²) in [7, 11) is 0. The Morgan fingerprint density at radius 2 is 2.15 bits per heavy atom. The van der Waals surface area contributed by atoms with Crippen LogP contribution >= 0.6 is 0 Å². The molecule has 0 aromatic heterocycles. The Morgan fingerprint density at radius 1 is 1.33 bits per heavy atom. The number of nitrogens with one attached hydrogen (secondary N) is 1. The zero-order valence-corrected chi connectivity index (χ0v) is 16.1. The van der Waals surface area contributed by atoms with E-state index in [4.69, 9.17) is 9.73 Å². The van der Waals surface area contributed by atoms with Crippen molar-refractivity contribution in [2.24, 2.45) is 4.99 Å². The number of anilines is 1. The number of aliphatic imine (C=N–C) groups is 1. The van der Waals surface area contributed by atoms with Crippen LogP contribution in [0, 0.1) is 0 Å². The number of nitrogens with zero attached hydrogens (tertiary/aromatic N) is 3. The van der Waals surface area contributed by atoms with Gasteiger partial charge in [0.05, 0.1) is 18.2 Å². The van der Waals surface area contributed by atoms with E-state index in [0.717, 1.165) is 63.8 Å². The number of carboxylic acid groups (broad SMARTS) is 1. The van der Waals surface area contributed by atoms with Crippen molar-refractivity contribution >= 4 is 17.6 Å². The lowest BCUT2D eigenvalue weighted by Crippen LogP contribution is -2.50. The molecule has 27 heavy (non-hydrogen) atoms. The van der Waals surface area contributed by atoms with E-state index in [9.17, 15) is 9.90 Å². The van der Waals surface area contributed by atoms with E-state index in [2.05, 4.69) is 22.0 Å². The molecule has 7 nitrogen and oxygen atoms in total. The Kier molecular flexibility index (Phi) is 7.06. The molecule has 148 valence electrons. The average Bonchev–Trinajstić information content (AvgIpc) is 3.20. The first-order valence-corrected chi connectivity index (χ1v) is 9.89. The first kappa shape index (κ1) is 19.6. The number of rotatable bonds is 6. The Hall–Kier alpha value is -2.12. The van der Waals surface area contributed by atoms with Crippen LogP contribution in [0.15, 0.2) is 29.3 Å². The van der Waals surface area contributed by atoms with E-state index < -0.39 is 5.97 Å². The molecule has 0 unspecified atom stereocenters. The molecule has 7 heteroatoms. The van der Waals surface area contributed by atoms with Crippen molar-refractivity contribution in [3.05, 3.63) is 29.8 Å². The number of carbonyl (C=O) groups is 1. The van der Waals surface area contributed by atoms with Crippen LogP contribution in [0.1, 0.15) is 36.5 Å². The van der Waals surface area contributed by atoms with Crippen molar-refractivity contribution in [2.45, 2.75) is 32.3 Å². The lowest BCUT2D eigenvalue weighted by Gasteiger charge is -2.36. The van der Waals surface area contributed by atoms with Crippen molar-refractivity contribution in [3.63, 3.8) is 0 Å². The number of guanidine groups is 1. The average molecular weight is 374 g/mol. The third kappa shape index (κ3) is 5.68. The van der Waals surface area contributed by atoms with E-state index in [1.54, 1.807) is 18.2 Å². The fraction of sp³-hybridized carbons (Fsp3) is 0.600. The molecule has 0 radical (unpaired) electrons. The molecule has 0 amide bonds. The summed E-state index contributed by atoms with van der Waals surface area (Å²) in [5.41, 5.74) is 1.02. The number of hydrogen-bond acceptors (Lipinski definition) is 4. The van der Waals surface area contributed by atoms with Crippen LogP contribution in [0.2, 0.25) is 0 Å². The fourth-order valence-corrected chi connectivity index (χ4v) is 3.55. The Bertz CT molecular complexity index is 650. The molecular weight excluding hydrogens is 344 g/mol. The summed E-state index contributed by atoms with van der Waals surface area (Å²) in [5.74, 6) is -0.117. The molecule has 2 fully saturated rings. The molecule has 3 rings (SSSR count). The lowest BCUT2D eigenvalue weighted by molar-refractivity contribution is 0.0697. The monoisotopic (exact) mass is 374 g/mol. The molecule has 2 N–H and O–H groups in total. The van der Waals surface area contributed by atoms with Crippen molar-refractivity contribution in [1.29, 1.82) is 0 Å². The number of piperazine rings is 1. The first-order valence-electron chi connectivity index (χ1n) is 9.89. The first-order chi connectivity index (χ1) is 13.2. The Labute approximate surface area is 161 Å². The molecule has 0 bridgehead atoms. The quantitative estimate of drug-likeness (QED) is 0.588. The molecule has 0 saturated carbocycles. The minimum absolute atomic E-state index is 0.188. The van der Waals surface area contributed by atoms with Gasteiger partial charge in [-0.1, -0.05) is 13.0 Å². The number of aromatic carboxylic acids is 1. The van der Waals surface area contributed by atoms with Crippen LogP contribution in [0.4, 0.5) is 5.69 Å². The molecule has 0 spiro atoms. The van der Waals surface area contributed by atoms with Gasteiger partial charge in [0, 0.05) is 38.5 Å². The van der Waals surface area contributed by atoms with Crippen molar-refractivity contribution in [2.75, 3.05) is 51.2 Å². The summed E-state index contributed by atoms with van der Waals surface area (Å²) in [5, 5.41) is 12.6. The van der Waals surface area contributed by atoms with Gasteiger partial charge in [-0.2, -0.15) is 0 Å². The smallest absolute Gasteiger partial charge is 0.335 e. The van der Waals surface area contributed by atoms with E-state index in [0.29, 0.717) is 6.54 Å². The van der Waals surface area contributed by atoms with Crippen LogP contribution in [-0.4, -0.2) is 78.8 Å². The second kappa shape index (κ2) is 9.71.